The van der Waals surface area contributed by atoms with Crippen molar-refractivity contribution in [3.8, 4) is 11.1 Å². The molecule has 0 saturated heterocycles. The van der Waals surface area contributed by atoms with Crippen molar-refractivity contribution in [1.29, 1.82) is 0 Å². The molecule has 2 aromatic rings. The van der Waals surface area contributed by atoms with Crippen LogP contribution in [-0.2, 0) is 0 Å². The molecule has 0 bridgehead atoms. The van der Waals surface area contributed by atoms with Gasteiger partial charge >= 0.3 is 68.9 Å². The van der Waals surface area contributed by atoms with E-state index in [0.717, 1.165) is 11.1 Å². The first-order valence-electron chi connectivity index (χ1n) is 5.47. The first-order valence-corrected chi connectivity index (χ1v) is 5.47. The number of rotatable bonds is 2. The van der Waals surface area contributed by atoms with E-state index in [1.54, 1.807) is 12.1 Å². The second kappa shape index (κ2) is 6.94. The van der Waals surface area contributed by atoms with E-state index >= 15 is 0 Å². The van der Waals surface area contributed by atoms with E-state index in [4.69, 9.17) is 0 Å². The van der Waals surface area contributed by atoms with Crippen LogP contribution in [-0.4, -0.2) is 5.97 Å². The van der Waals surface area contributed by atoms with Gasteiger partial charge in [0.2, 0.25) is 0 Å². The molecule has 2 rings (SSSR count). The third-order valence-corrected chi connectivity index (χ3v) is 2.82. The molecule has 0 amide bonds. The van der Waals surface area contributed by atoms with Crippen molar-refractivity contribution in [1.82, 2.24) is 0 Å². The molecule has 3 heteroatoms. The number of carbonyl (C=O) groups is 1. The summed E-state index contributed by atoms with van der Waals surface area (Å²) in [5.41, 5.74) is 4.73. The number of carboxylic acids is 1. The molecule has 0 aromatic heterocycles. The van der Waals surface area contributed by atoms with E-state index in [1.165, 1.54) is 11.1 Å². The Morgan fingerprint density at radius 1 is 1.00 bits per heavy atom. The van der Waals surface area contributed by atoms with Crippen LogP contribution >= 0.6 is 0 Å². The van der Waals surface area contributed by atoms with Gasteiger partial charge in [0, 0.05) is 0 Å². The summed E-state index contributed by atoms with van der Waals surface area (Å²) in [6, 6.07) is 13.0. The van der Waals surface area contributed by atoms with Crippen LogP contribution < -0.4 is 74.0 Å². The molecule has 0 N–H and O–H groups in total. The Morgan fingerprint density at radius 2 is 1.61 bits per heavy atom. The zero-order chi connectivity index (χ0) is 12.4. The van der Waals surface area contributed by atoms with Gasteiger partial charge in [-0.2, -0.15) is 0 Å². The van der Waals surface area contributed by atoms with E-state index in [2.05, 4.69) is 18.2 Å². The van der Waals surface area contributed by atoms with Gasteiger partial charge < -0.3 is 9.90 Å². The number of hydrogen-bond acceptors (Lipinski definition) is 2. The van der Waals surface area contributed by atoms with Gasteiger partial charge in [0.1, 0.15) is 0 Å². The smallest absolute Gasteiger partial charge is 0.545 e. The average molecular weight is 358 g/mol. The molecule has 0 aliphatic rings. The number of carboxylic acid groups (broad SMARTS) is 1. The third-order valence-electron chi connectivity index (χ3n) is 2.82. The Kier molecular flexibility index (Phi) is 6.17. The Bertz CT molecular complexity index is 559. The van der Waals surface area contributed by atoms with E-state index < -0.39 is 5.97 Å². The molecule has 0 atom stereocenters. The Labute approximate surface area is 166 Å². The van der Waals surface area contributed by atoms with Gasteiger partial charge in [0.25, 0.3) is 0 Å². The Balaban J connectivity index is 0.00000162. The molecule has 0 saturated carbocycles. The summed E-state index contributed by atoms with van der Waals surface area (Å²) in [6.07, 6.45) is 0. The second-order valence-corrected chi connectivity index (χ2v) is 4.18. The summed E-state index contributed by atoms with van der Waals surface area (Å²) in [6.45, 7) is 4.08. The number of benzene rings is 2. The number of carbonyl (C=O) groups excluding carboxylic acids is 1. The van der Waals surface area contributed by atoms with Crippen LogP contribution in [0.4, 0.5) is 0 Å². The van der Waals surface area contributed by atoms with Crippen molar-refractivity contribution in [2.75, 3.05) is 0 Å². The van der Waals surface area contributed by atoms with E-state index in [-0.39, 0.29) is 74.5 Å². The third kappa shape index (κ3) is 3.73. The maximum Gasteiger partial charge on any atom is 1.00 e. The number of hydrogen-bond donors (Lipinski definition) is 0. The van der Waals surface area contributed by atoms with Crippen LogP contribution in [0.3, 0.4) is 0 Å². The van der Waals surface area contributed by atoms with E-state index in [9.17, 15) is 9.90 Å². The first kappa shape index (κ1) is 16.0. The summed E-state index contributed by atoms with van der Waals surface area (Å²) >= 11 is 0. The molecule has 86 valence electrons. The molecular formula is C15H13CsO2. The molecule has 0 fully saturated rings. The van der Waals surface area contributed by atoms with Crippen LogP contribution in [0.2, 0.25) is 0 Å². The Morgan fingerprint density at radius 3 is 2.17 bits per heavy atom. The van der Waals surface area contributed by atoms with Crippen LogP contribution in [0.25, 0.3) is 11.1 Å². The summed E-state index contributed by atoms with van der Waals surface area (Å²) in [5.74, 6) is -1.14. The topological polar surface area (TPSA) is 40.1 Å². The second-order valence-electron chi connectivity index (χ2n) is 4.18. The average Bonchev–Trinajstić information content (AvgIpc) is 2.32. The predicted octanol–water partition coefficient (Wildman–Crippen LogP) is -0.662. The van der Waals surface area contributed by atoms with Crippen molar-refractivity contribution in [2.45, 2.75) is 13.8 Å². The van der Waals surface area contributed by atoms with Crippen molar-refractivity contribution in [2.24, 2.45) is 0 Å². The fraction of sp³-hybridized carbons (Fsp3) is 0.133. The predicted molar refractivity (Wildman–Crippen MR) is 65.7 cm³/mol. The summed E-state index contributed by atoms with van der Waals surface area (Å²) in [4.78, 5) is 10.7. The molecule has 0 radical (unpaired) electrons. The maximum atomic E-state index is 10.7. The zero-order valence-electron chi connectivity index (χ0n) is 10.9. The van der Waals surface area contributed by atoms with Crippen molar-refractivity contribution < 1.29 is 78.8 Å². The minimum absolute atomic E-state index is 0. The van der Waals surface area contributed by atoms with E-state index in [1.807, 2.05) is 26.0 Å². The minimum Gasteiger partial charge on any atom is -0.545 e. The largest absolute Gasteiger partial charge is 1.00 e. The van der Waals surface area contributed by atoms with Gasteiger partial charge in [0.15, 0.2) is 0 Å². The van der Waals surface area contributed by atoms with Crippen LogP contribution in [0, 0.1) is 13.8 Å². The monoisotopic (exact) mass is 358 g/mol. The molecule has 2 aromatic carbocycles. The van der Waals surface area contributed by atoms with Gasteiger partial charge in [-0.25, -0.2) is 0 Å². The summed E-state index contributed by atoms with van der Waals surface area (Å²) in [7, 11) is 0. The van der Waals surface area contributed by atoms with Gasteiger partial charge in [-0.15, -0.1) is 0 Å². The number of aromatic carboxylic acids is 1. The van der Waals surface area contributed by atoms with Crippen molar-refractivity contribution in [3.05, 3.63) is 59.2 Å². The van der Waals surface area contributed by atoms with Crippen LogP contribution in [0.15, 0.2) is 42.5 Å². The normalized spacial score (nSPS) is 9.67. The van der Waals surface area contributed by atoms with Crippen molar-refractivity contribution in [3.63, 3.8) is 0 Å². The van der Waals surface area contributed by atoms with Gasteiger partial charge in [0.05, 0.1) is 5.97 Å². The molecule has 0 unspecified atom stereocenters. The minimum atomic E-state index is -1.14. The summed E-state index contributed by atoms with van der Waals surface area (Å²) < 4.78 is 0. The molecule has 0 spiro atoms. The standard InChI is InChI=1S/C15H14O2.Cs/c1-10-3-4-11(2)14(9-10)12-5-7-13(8-6-12)15(16)17;/h3-9H,1-2H3,(H,16,17);/q;+1/p-1. The fourth-order valence-corrected chi connectivity index (χ4v) is 1.83. The SMILES string of the molecule is Cc1ccc(C)c(-c2ccc(C(=O)[O-])cc2)c1.[Cs+]. The first-order chi connectivity index (χ1) is 8.08. The Hall–Kier alpha value is -0.0381. The summed E-state index contributed by atoms with van der Waals surface area (Å²) in [5, 5.41) is 10.7. The quantitative estimate of drug-likeness (QED) is 0.715. The molecule has 0 aliphatic heterocycles. The maximum absolute atomic E-state index is 10.7. The molecule has 2 nitrogen and oxygen atoms in total. The molecule has 18 heavy (non-hydrogen) atoms. The van der Waals surface area contributed by atoms with Gasteiger partial charge in [-0.3, -0.25) is 0 Å². The van der Waals surface area contributed by atoms with E-state index in [0.29, 0.717) is 0 Å². The van der Waals surface area contributed by atoms with Gasteiger partial charge in [-0.05, 0) is 36.1 Å². The van der Waals surface area contributed by atoms with Crippen LogP contribution in [0.1, 0.15) is 21.5 Å². The van der Waals surface area contributed by atoms with Crippen LogP contribution in [0.5, 0.6) is 0 Å². The number of aryl methyl sites for hydroxylation is 2. The molecule has 0 heterocycles. The zero-order valence-corrected chi connectivity index (χ0v) is 17.1. The molecular weight excluding hydrogens is 345 g/mol. The van der Waals surface area contributed by atoms with Crippen molar-refractivity contribution >= 4 is 5.97 Å². The van der Waals surface area contributed by atoms with Gasteiger partial charge in [-0.1, -0.05) is 48.0 Å². The molecule has 0 aliphatic carbocycles. The fourth-order valence-electron chi connectivity index (χ4n) is 1.83.